The molecule has 23 heavy (non-hydrogen) atoms. The van der Waals surface area contributed by atoms with Gasteiger partial charge in [-0.1, -0.05) is 65.8 Å². The number of benzene rings is 1. The number of carbonyl (C=O) groups excluding carboxylic acids is 1. The highest BCUT2D eigenvalue weighted by Gasteiger charge is 2.16. The molecule has 0 fully saturated rings. The van der Waals surface area contributed by atoms with Crippen LogP contribution in [0.15, 0.2) is 42.0 Å². The van der Waals surface area contributed by atoms with Crippen molar-refractivity contribution in [3.05, 3.63) is 47.5 Å². The fraction of sp³-hybridized carbons (Fsp3) is 0.571. The van der Waals surface area contributed by atoms with E-state index in [2.05, 4.69) is 47.6 Å². The number of ether oxygens (including phenoxy) is 1. The molecule has 0 spiro atoms. The average Bonchev–Trinajstić information content (AvgIpc) is 2.42. The highest BCUT2D eigenvalue weighted by Crippen LogP contribution is 2.26. The molecule has 1 aromatic rings. The maximum Gasteiger partial charge on any atom is 0.338 e. The van der Waals surface area contributed by atoms with Crippen molar-refractivity contribution in [1.82, 2.24) is 0 Å². The fourth-order valence-electron chi connectivity index (χ4n) is 2.39. The van der Waals surface area contributed by atoms with E-state index >= 15 is 0 Å². The standard InChI is InChI=1S/C21H32O2/c1-20(2,3)14-10-11-17(15-21(4,5)6)16-23-19(22)18-12-8-7-9-13-18/h7-9,11-13H,10,14-16H2,1-6H3. The van der Waals surface area contributed by atoms with Gasteiger partial charge in [-0.15, -0.1) is 0 Å². The molecular formula is C21H32O2. The quantitative estimate of drug-likeness (QED) is 0.473. The Labute approximate surface area is 141 Å². The van der Waals surface area contributed by atoms with Crippen LogP contribution in [0.5, 0.6) is 0 Å². The Hall–Kier alpha value is -1.57. The largest absolute Gasteiger partial charge is 0.458 e. The van der Waals surface area contributed by atoms with Crippen LogP contribution >= 0.6 is 0 Å². The second-order valence-corrected chi connectivity index (χ2v) is 8.64. The maximum atomic E-state index is 12.1. The Morgan fingerprint density at radius 3 is 2.13 bits per heavy atom. The van der Waals surface area contributed by atoms with Gasteiger partial charge in [-0.05, 0) is 47.8 Å². The van der Waals surface area contributed by atoms with Crippen molar-refractivity contribution in [2.45, 2.75) is 60.8 Å². The molecule has 0 heterocycles. The van der Waals surface area contributed by atoms with Gasteiger partial charge in [0, 0.05) is 0 Å². The third-order valence-electron chi connectivity index (χ3n) is 3.48. The second kappa shape index (κ2) is 8.33. The van der Waals surface area contributed by atoms with E-state index in [1.165, 1.54) is 5.57 Å². The number of rotatable bonds is 6. The number of hydrogen-bond acceptors (Lipinski definition) is 2. The average molecular weight is 316 g/mol. The molecule has 2 nitrogen and oxygen atoms in total. The van der Waals surface area contributed by atoms with Crippen molar-refractivity contribution in [1.29, 1.82) is 0 Å². The van der Waals surface area contributed by atoms with E-state index in [1.807, 2.05) is 18.2 Å². The first-order valence-corrected chi connectivity index (χ1v) is 8.47. The molecule has 1 aromatic carbocycles. The summed E-state index contributed by atoms with van der Waals surface area (Å²) in [5, 5.41) is 0. The van der Waals surface area contributed by atoms with Gasteiger partial charge in [0.2, 0.25) is 0 Å². The van der Waals surface area contributed by atoms with Crippen molar-refractivity contribution in [3.63, 3.8) is 0 Å². The Morgan fingerprint density at radius 2 is 1.61 bits per heavy atom. The van der Waals surface area contributed by atoms with Gasteiger partial charge in [-0.2, -0.15) is 0 Å². The monoisotopic (exact) mass is 316 g/mol. The van der Waals surface area contributed by atoms with Crippen molar-refractivity contribution in [3.8, 4) is 0 Å². The molecule has 0 bridgehead atoms. The van der Waals surface area contributed by atoms with E-state index in [4.69, 9.17) is 4.74 Å². The van der Waals surface area contributed by atoms with Crippen molar-refractivity contribution < 1.29 is 9.53 Å². The van der Waals surface area contributed by atoms with E-state index in [9.17, 15) is 4.79 Å². The predicted octanol–water partition coefficient (Wildman–Crippen LogP) is 6.03. The van der Waals surface area contributed by atoms with Gasteiger partial charge >= 0.3 is 5.97 Å². The van der Waals surface area contributed by atoms with E-state index in [-0.39, 0.29) is 11.4 Å². The van der Waals surface area contributed by atoms with E-state index in [1.54, 1.807) is 12.1 Å². The van der Waals surface area contributed by atoms with Gasteiger partial charge in [0.1, 0.15) is 6.61 Å². The molecule has 0 aliphatic heterocycles. The molecule has 0 aliphatic rings. The molecule has 0 radical (unpaired) electrons. The lowest BCUT2D eigenvalue weighted by Gasteiger charge is -2.21. The predicted molar refractivity (Wildman–Crippen MR) is 97.6 cm³/mol. The summed E-state index contributed by atoms with van der Waals surface area (Å²) in [6, 6.07) is 9.18. The summed E-state index contributed by atoms with van der Waals surface area (Å²) < 4.78 is 5.51. The lowest BCUT2D eigenvalue weighted by Crippen LogP contribution is -2.13. The SMILES string of the molecule is CC(C)(C)CCC=C(COC(=O)c1ccccc1)CC(C)(C)C. The van der Waals surface area contributed by atoms with Gasteiger partial charge in [0.25, 0.3) is 0 Å². The van der Waals surface area contributed by atoms with Crippen LogP contribution in [0, 0.1) is 10.8 Å². The van der Waals surface area contributed by atoms with Crippen LogP contribution in [0.3, 0.4) is 0 Å². The van der Waals surface area contributed by atoms with Gasteiger partial charge < -0.3 is 4.74 Å². The molecule has 0 unspecified atom stereocenters. The van der Waals surface area contributed by atoms with Crippen LogP contribution in [0.25, 0.3) is 0 Å². The smallest absolute Gasteiger partial charge is 0.338 e. The summed E-state index contributed by atoms with van der Waals surface area (Å²) >= 11 is 0. The highest BCUT2D eigenvalue weighted by molar-refractivity contribution is 5.89. The maximum absolute atomic E-state index is 12.1. The molecule has 0 aromatic heterocycles. The first-order valence-electron chi connectivity index (χ1n) is 8.47. The van der Waals surface area contributed by atoms with Gasteiger partial charge in [-0.25, -0.2) is 4.79 Å². The van der Waals surface area contributed by atoms with E-state index in [0.717, 1.165) is 19.3 Å². The van der Waals surface area contributed by atoms with Gasteiger partial charge in [0.05, 0.1) is 5.56 Å². The summed E-state index contributed by atoms with van der Waals surface area (Å²) in [7, 11) is 0. The molecule has 128 valence electrons. The normalized spacial score (nSPS) is 13.0. The minimum absolute atomic E-state index is 0.187. The van der Waals surface area contributed by atoms with Crippen LogP contribution in [-0.2, 0) is 4.74 Å². The number of esters is 1. The Balaban J connectivity index is 2.65. The summed E-state index contributed by atoms with van der Waals surface area (Å²) in [6.07, 6.45) is 5.36. The second-order valence-electron chi connectivity index (χ2n) is 8.64. The fourth-order valence-corrected chi connectivity index (χ4v) is 2.39. The lowest BCUT2D eigenvalue weighted by atomic mass is 9.86. The minimum atomic E-state index is -0.249. The van der Waals surface area contributed by atoms with Gasteiger partial charge in [0.15, 0.2) is 0 Å². The third-order valence-corrected chi connectivity index (χ3v) is 3.48. The molecule has 0 amide bonds. The number of hydrogen-bond donors (Lipinski definition) is 0. The minimum Gasteiger partial charge on any atom is -0.458 e. The summed E-state index contributed by atoms with van der Waals surface area (Å²) in [4.78, 5) is 12.1. The molecular weight excluding hydrogens is 284 g/mol. The Bertz CT molecular complexity index is 513. The third kappa shape index (κ3) is 9.22. The summed E-state index contributed by atoms with van der Waals surface area (Å²) in [6.45, 7) is 13.8. The summed E-state index contributed by atoms with van der Waals surface area (Å²) in [5.41, 5.74) is 2.33. The first-order chi connectivity index (χ1) is 10.6. The Kier molecular flexibility index (Phi) is 7.05. The molecule has 1 rings (SSSR count). The van der Waals surface area contributed by atoms with Crippen LogP contribution in [0.2, 0.25) is 0 Å². The van der Waals surface area contributed by atoms with Gasteiger partial charge in [-0.3, -0.25) is 0 Å². The highest BCUT2D eigenvalue weighted by atomic mass is 16.5. The zero-order valence-electron chi connectivity index (χ0n) is 15.6. The number of carbonyl (C=O) groups is 1. The van der Waals surface area contributed by atoms with Crippen LogP contribution < -0.4 is 0 Å². The number of allylic oxidation sites excluding steroid dienone is 1. The zero-order valence-corrected chi connectivity index (χ0v) is 15.6. The van der Waals surface area contributed by atoms with E-state index < -0.39 is 0 Å². The van der Waals surface area contributed by atoms with Crippen molar-refractivity contribution in [2.24, 2.45) is 10.8 Å². The molecule has 0 saturated heterocycles. The molecule has 0 aliphatic carbocycles. The van der Waals surface area contributed by atoms with Crippen LogP contribution in [0.4, 0.5) is 0 Å². The molecule has 2 heteroatoms. The Morgan fingerprint density at radius 1 is 1.00 bits per heavy atom. The van der Waals surface area contributed by atoms with E-state index in [0.29, 0.717) is 17.6 Å². The topological polar surface area (TPSA) is 26.3 Å². The summed E-state index contributed by atoms with van der Waals surface area (Å²) in [5.74, 6) is -0.249. The molecule has 0 N–H and O–H groups in total. The van der Waals surface area contributed by atoms with Crippen LogP contribution in [0.1, 0.15) is 71.2 Å². The van der Waals surface area contributed by atoms with Crippen molar-refractivity contribution in [2.75, 3.05) is 6.61 Å². The first kappa shape index (κ1) is 19.5. The zero-order chi connectivity index (χ0) is 17.5. The molecule has 0 atom stereocenters. The lowest BCUT2D eigenvalue weighted by molar-refractivity contribution is 0.0533. The van der Waals surface area contributed by atoms with Crippen LogP contribution in [-0.4, -0.2) is 12.6 Å². The van der Waals surface area contributed by atoms with Crippen molar-refractivity contribution >= 4 is 5.97 Å². The molecule has 0 saturated carbocycles.